The number of carbonyl (C=O) groups excluding carboxylic acids is 1. The molecule has 1 amide bonds. The Morgan fingerprint density at radius 1 is 1.00 bits per heavy atom. The zero-order chi connectivity index (χ0) is 24.9. The highest BCUT2D eigenvalue weighted by molar-refractivity contribution is 7.98. The molecular formula is C29H25FN4OS. The van der Waals surface area contributed by atoms with Gasteiger partial charge in [-0.05, 0) is 59.5 Å². The number of carbonyl (C=O) groups is 1. The summed E-state index contributed by atoms with van der Waals surface area (Å²) in [6.07, 6.45) is 3.51. The molecule has 7 heteroatoms. The lowest BCUT2D eigenvalue weighted by Crippen LogP contribution is -2.23. The van der Waals surface area contributed by atoms with Gasteiger partial charge in [-0.15, -0.1) is 0 Å². The average molecular weight is 497 g/mol. The molecule has 0 spiro atoms. The van der Waals surface area contributed by atoms with Crippen molar-refractivity contribution < 1.29 is 9.18 Å². The minimum Gasteiger partial charge on any atom is -0.348 e. The number of halogens is 1. The maximum atomic E-state index is 13.8. The van der Waals surface area contributed by atoms with Crippen molar-refractivity contribution in [1.29, 1.82) is 0 Å². The highest BCUT2D eigenvalue weighted by Gasteiger charge is 2.13. The number of aryl methyl sites for hydroxylation is 1. The first-order valence-electron chi connectivity index (χ1n) is 11.7. The third-order valence-electron chi connectivity index (χ3n) is 6.03. The second kappa shape index (κ2) is 10.7. The van der Waals surface area contributed by atoms with Crippen LogP contribution >= 0.6 is 11.8 Å². The fourth-order valence-corrected chi connectivity index (χ4v) is 4.98. The quantitative estimate of drug-likeness (QED) is 0.262. The SMILES string of the molecule is Cc1ccccc1CNC(=O)c1ccc(CSc2nc3ccncc3n2Cc2cccc(F)c2)cc1. The number of aromatic nitrogens is 3. The van der Waals surface area contributed by atoms with Gasteiger partial charge in [-0.1, -0.05) is 60.3 Å². The van der Waals surface area contributed by atoms with Crippen molar-refractivity contribution >= 4 is 28.7 Å². The molecule has 2 heterocycles. The van der Waals surface area contributed by atoms with Gasteiger partial charge in [0.15, 0.2) is 5.16 Å². The van der Waals surface area contributed by atoms with Crippen LogP contribution in [0.3, 0.4) is 0 Å². The fraction of sp³-hybridized carbons (Fsp3) is 0.138. The van der Waals surface area contributed by atoms with Crippen molar-refractivity contribution in [3.8, 4) is 0 Å². The summed E-state index contributed by atoms with van der Waals surface area (Å²) in [7, 11) is 0. The van der Waals surface area contributed by atoms with Gasteiger partial charge in [0.2, 0.25) is 0 Å². The van der Waals surface area contributed by atoms with E-state index in [1.165, 1.54) is 6.07 Å². The lowest BCUT2D eigenvalue weighted by atomic mass is 10.1. The average Bonchev–Trinajstić information content (AvgIpc) is 3.24. The molecule has 0 aliphatic carbocycles. The number of rotatable bonds is 8. The first-order chi connectivity index (χ1) is 17.6. The molecular weight excluding hydrogens is 471 g/mol. The second-order valence-corrected chi connectivity index (χ2v) is 9.51. The van der Waals surface area contributed by atoms with Gasteiger partial charge in [0.05, 0.1) is 23.8 Å². The van der Waals surface area contributed by atoms with Crippen LogP contribution < -0.4 is 5.32 Å². The van der Waals surface area contributed by atoms with E-state index in [4.69, 9.17) is 4.98 Å². The smallest absolute Gasteiger partial charge is 0.251 e. The number of hydrogen-bond acceptors (Lipinski definition) is 4. The van der Waals surface area contributed by atoms with Gasteiger partial charge >= 0.3 is 0 Å². The summed E-state index contributed by atoms with van der Waals surface area (Å²) in [6, 6.07) is 24.2. The van der Waals surface area contributed by atoms with Gasteiger partial charge in [0.1, 0.15) is 5.82 Å². The van der Waals surface area contributed by atoms with Crippen molar-refractivity contribution in [3.63, 3.8) is 0 Å². The molecule has 0 fully saturated rings. The molecule has 5 nitrogen and oxygen atoms in total. The van der Waals surface area contributed by atoms with Crippen LogP contribution in [0.5, 0.6) is 0 Å². The largest absolute Gasteiger partial charge is 0.348 e. The van der Waals surface area contributed by atoms with E-state index in [-0.39, 0.29) is 11.7 Å². The van der Waals surface area contributed by atoms with E-state index in [0.29, 0.717) is 24.4 Å². The van der Waals surface area contributed by atoms with Crippen LogP contribution in [-0.4, -0.2) is 20.4 Å². The van der Waals surface area contributed by atoms with Gasteiger partial charge in [-0.2, -0.15) is 0 Å². The first kappa shape index (κ1) is 23.8. The molecule has 5 aromatic rings. The van der Waals surface area contributed by atoms with Gasteiger partial charge in [0, 0.05) is 24.1 Å². The molecule has 0 unspecified atom stereocenters. The Morgan fingerprint density at radius 2 is 1.83 bits per heavy atom. The summed E-state index contributed by atoms with van der Waals surface area (Å²) in [4.78, 5) is 21.6. The van der Waals surface area contributed by atoms with Crippen molar-refractivity contribution in [2.75, 3.05) is 0 Å². The van der Waals surface area contributed by atoms with Gasteiger partial charge in [-0.3, -0.25) is 9.78 Å². The summed E-state index contributed by atoms with van der Waals surface area (Å²) in [5, 5.41) is 3.83. The Bertz CT molecular complexity index is 1510. The summed E-state index contributed by atoms with van der Waals surface area (Å²) in [6.45, 7) is 3.04. The molecule has 180 valence electrons. The number of hydrogen-bond donors (Lipinski definition) is 1. The Labute approximate surface area is 213 Å². The fourth-order valence-electron chi connectivity index (χ4n) is 4.01. The number of imidazole rings is 1. The maximum absolute atomic E-state index is 13.8. The molecule has 0 radical (unpaired) electrons. The van der Waals surface area contributed by atoms with E-state index in [2.05, 4.69) is 14.9 Å². The van der Waals surface area contributed by atoms with Crippen LogP contribution in [-0.2, 0) is 18.8 Å². The lowest BCUT2D eigenvalue weighted by Gasteiger charge is -2.10. The molecule has 3 aromatic carbocycles. The summed E-state index contributed by atoms with van der Waals surface area (Å²) in [5.74, 6) is 0.333. The minimum absolute atomic E-state index is 0.0955. The lowest BCUT2D eigenvalue weighted by molar-refractivity contribution is 0.0951. The summed E-state index contributed by atoms with van der Waals surface area (Å²) < 4.78 is 15.8. The normalized spacial score (nSPS) is 11.1. The second-order valence-electron chi connectivity index (χ2n) is 8.57. The molecule has 0 bridgehead atoms. The van der Waals surface area contributed by atoms with E-state index in [9.17, 15) is 9.18 Å². The first-order valence-corrected chi connectivity index (χ1v) is 12.6. The Hall–Kier alpha value is -3.97. The number of nitrogens with one attached hydrogen (secondary N) is 1. The summed E-state index contributed by atoms with van der Waals surface area (Å²) in [5.41, 5.74) is 6.59. The van der Waals surface area contributed by atoms with E-state index < -0.39 is 0 Å². The van der Waals surface area contributed by atoms with Crippen molar-refractivity contribution in [3.05, 3.63) is 125 Å². The van der Waals surface area contributed by atoms with Crippen molar-refractivity contribution in [1.82, 2.24) is 19.9 Å². The maximum Gasteiger partial charge on any atom is 0.251 e. The topological polar surface area (TPSA) is 59.8 Å². The number of nitrogens with zero attached hydrogens (tertiary/aromatic N) is 3. The Kier molecular flexibility index (Phi) is 7.09. The molecule has 5 rings (SSSR count). The van der Waals surface area contributed by atoms with Crippen LogP contribution in [0.2, 0.25) is 0 Å². The third kappa shape index (κ3) is 5.47. The highest BCUT2D eigenvalue weighted by atomic mass is 32.2. The highest BCUT2D eigenvalue weighted by Crippen LogP contribution is 2.27. The van der Waals surface area contributed by atoms with E-state index in [1.807, 2.05) is 67.6 Å². The van der Waals surface area contributed by atoms with Crippen LogP contribution in [0.4, 0.5) is 4.39 Å². The Morgan fingerprint density at radius 3 is 2.64 bits per heavy atom. The molecule has 36 heavy (non-hydrogen) atoms. The monoisotopic (exact) mass is 496 g/mol. The standard InChI is InChI=1S/C29H25FN4OS/c1-20-5-2-3-7-24(20)16-32-28(35)23-11-9-21(10-12-23)19-36-29-33-26-13-14-31-17-27(26)34(29)18-22-6-4-8-25(30)15-22/h2-15,17H,16,18-19H2,1H3,(H,32,35). The summed E-state index contributed by atoms with van der Waals surface area (Å²) >= 11 is 1.60. The number of thioether (sulfide) groups is 1. The number of pyridine rings is 1. The minimum atomic E-state index is -0.257. The van der Waals surface area contributed by atoms with Gasteiger partial charge in [0.25, 0.3) is 5.91 Å². The van der Waals surface area contributed by atoms with Crippen molar-refractivity contribution in [2.24, 2.45) is 0 Å². The Balaban J connectivity index is 1.27. The van der Waals surface area contributed by atoms with Gasteiger partial charge in [-0.25, -0.2) is 9.37 Å². The van der Waals surface area contributed by atoms with E-state index in [0.717, 1.165) is 38.4 Å². The molecule has 0 aliphatic rings. The van der Waals surface area contributed by atoms with Gasteiger partial charge < -0.3 is 9.88 Å². The van der Waals surface area contributed by atoms with Crippen LogP contribution in [0.25, 0.3) is 11.0 Å². The zero-order valence-electron chi connectivity index (χ0n) is 19.8. The number of benzene rings is 3. The predicted molar refractivity (Wildman–Crippen MR) is 141 cm³/mol. The van der Waals surface area contributed by atoms with Crippen molar-refractivity contribution in [2.45, 2.75) is 30.9 Å². The molecule has 0 atom stereocenters. The van der Waals surface area contributed by atoms with Crippen LogP contribution in [0.15, 0.2) is 96.4 Å². The van der Waals surface area contributed by atoms with Crippen LogP contribution in [0.1, 0.15) is 32.6 Å². The molecule has 0 saturated heterocycles. The zero-order valence-corrected chi connectivity index (χ0v) is 20.6. The number of fused-ring (bicyclic) bond motifs is 1. The molecule has 0 aliphatic heterocycles. The van der Waals surface area contributed by atoms with E-state index in [1.54, 1.807) is 36.3 Å². The predicted octanol–water partition coefficient (Wildman–Crippen LogP) is 6.15. The molecule has 1 N–H and O–H groups in total. The molecule has 2 aromatic heterocycles. The van der Waals surface area contributed by atoms with Crippen LogP contribution in [0, 0.1) is 12.7 Å². The van der Waals surface area contributed by atoms with E-state index >= 15 is 0 Å². The molecule has 0 saturated carbocycles. The number of amides is 1. The third-order valence-corrected chi connectivity index (χ3v) is 7.08.